The average molecular weight is 283 g/mol. The zero-order chi connectivity index (χ0) is 14.6. The van der Waals surface area contributed by atoms with Gasteiger partial charge >= 0.3 is 0 Å². The molecule has 2 aromatic rings. The smallest absolute Gasteiger partial charge is 0.246 e. The van der Waals surface area contributed by atoms with E-state index in [2.05, 4.69) is 11.1 Å². The van der Waals surface area contributed by atoms with Crippen molar-refractivity contribution in [2.24, 2.45) is 0 Å². The maximum absolute atomic E-state index is 12.5. The van der Waals surface area contributed by atoms with Crippen molar-refractivity contribution in [2.45, 2.75) is 25.9 Å². The third-order valence-electron chi connectivity index (χ3n) is 4.63. The predicted molar refractivity (Wildman–Crippen MR) is 78.6 cm³/mol. The number of piperazine rings is 1. The third kappa shape index (κ3) is 1.70. The lowest BCUT2D eigenvalue weighted by molar-refractivity contribution is -0.156. The summed E-state index contributed by atoms with van der Waals surface area (Å²) in [5.74, 6) is 0.124. The van der Waals surface area contributed by atoms with Crippen molar-refractivity contribution >= 4 is 22.7 Å². The summed E-state index contributed by atoms with van der Waals surface area (Å²) in [6.45, 7) is 3.23. The van der Waals surface area contributed by atoms with E-state index in [0.717, 1.165) is 11.2 Å². The third-order valence-corrected chi connectivity index (χ3v) is 4.63. The monoisotopic (exact) mass is 283 g/mol. The number of para-hydroxylation sites is 1. The van der Waals surface area contributed by atoms with Crippen LogP contribution in [0.3, 0.4) is 0 Å². The molecule has 2 amide bonds. The van der Waals surface area contributed by atoms with Crippen LogP contribution in [-0.4, -0.2) is 45.7 Å². The topological polar surface area (TPSA) is 56.4 Å². The quantitative estimate of drug-likeness (QED) is 0.857. The van der Waals surface area contributed by atoms with Crippen LogP contribution in [0.1, 0.15) is 18.2 Å². The lowest BCUT2D eigenvalue weighted by Crippen LogP contribution is -2.61. The Labute approximate surface area is 122 Å². The molecular weight excluding hydrogens is 266 g/mol. The highest BCUT2D eigenvalue weighted by atomic mass is 16.2. The highest BCUT2D eigenvalue weighted by Crippen LogP contribution is 2.32. The Morgan fingerprint density at radius 3 is 2.86 bits per heavy atom. The zero-order valence-corrected chi connectivity index (χ0v) is 11.9. The number of fused-ring (bicyclic) bond motifs is 4. The number of carbonyl (C=O) groups excluding carboxylic acids is 2. The molecule has 0 bridgehead atoms. The van der Waals surface area contributed by atoms with Gasteiger partial charge in [0.1, 0.15) is 6.04 Å². The second-order valence-electron chi connectivity index (χ2n) is 5.72. The first-order valence-corrected chi connectivity index (χ1v) is 7.35. The molecule has 4 rings (SSSR count). The van der Waals surface area contributed by atoms with E-state index in [1.165, 1.54) is 10.9 Å². The van der Waals surface area contributed by atoms with Gasteiger partial charge in [-0.2, -0.15) is 0 Å². The number of carbonyl (C=O) groups is 2. The van der Waals surface area contributed by atoms with Gasteiger partial charge in [0.05, 0.1) is 13.1 Å². The van der Waals surface area contributed by atoms with Gasteiger partial charge in [-0.15, -0.1) is 0 Å². The summed E-state index contributed by atoms with van der Waals surface area (Å²) in [4.78, 5) is 31.6. The molecule has 0 saturated carbocycles. The molecule has 2 aliphatic rings. The standard InChI is InChI=1S/C16H17N3O2/c1-2-18-9-15(20)19-8-13-11(7-14(19)16(18)21)10-5-3-4-6-12(10)17-13/h3-6,14,17H,2,7-9H2,1H3. The number of nitrogens with zero attached hydrogens (tertiary/aromatic N) is 2. The molecule has 1 aromatic heterocycles. The van der Waals surface area contributed by atoms with E-state index in [0.29, 0.717) is 19.5 Å². The van der Waals surface area contributed by atoms with Crippen LogP contribution in [0.15, 0.2) is 24.3 Å². The van der Waals surface area contributed by atoms with Gasteiger partial charge in [-0.25, -0.2) is 0 Å². The average Bonchev–Trinajstić information content (AvgIpc) is 2.87. The van der Waals surface area contributed by atoms with Gasteiger partial charge in [-0.1, -0.05) is 18.2 Å². The second-order valence-corrected chi connectivity index (χ2v) is 5.72. The molecule has 1 fully saturated rings. The van der Waals surface area contributed by atoms with Crippen molar-refractivity contribution in [3.05, 3.63) is 35.5 Å². The van der Waals surface area contributed by atoms with E-state index in [-0.39, 0.29) is 24.4 Å². The van der Waals surface area contributed by atoms with Crippen molar-refractivity contribution in [3.8, 4) is 0 Å². The van der Waals surface area contributed by atoms with E-state index >= 15 is 0 Å². The first kappa shape index (κ1) is 12.4. The molecule has 2 aliphatic heterocycles. The highest BCUT2D eigenvalue weighted by molar-refractivity contribution is 5.96. The number of hydrogen-bond acceptors (Lipinski definition) is 2. The molecule has 0 aliphatic carbocycles. The summed E-state index contributed by atoms with van der Waals surface area (Å²) in [5.41, 5.74) is 3.33. The molecule has 3 heterocycles. The zero-order valence-electron chi connectivity index (χ0n) is 11.9. The molecular formula is C16H17N3O2. The fourth-order valence-electron chi connectivity index (χ4n) is 3.50. The van der Waals surface area contributed by atoms with E-state index in [9.17, 15) is 9.59 Å². The summed E-state index contributed by atoms with van der Waals surface area (Å²) in [6, 6.07) is 7.78. The number of benzene rings is 1. The van der Waals surface area contributed by atoms with Gasteiger partial charge in [0.25, 0.3) is 0 Å². The fraction of sp³-hybridized carbons (Fsp3) is 0.375. The Morgan fingerprint density at radius 2 is 2.05 bits per heavy atom. The molecule has 21 heavy (non-hydrogen) atoms. The Bertz CT molecular complexity index is 749. The van der Waals surface area contributed by atoms with Crippen LogP contribution in [-0.2, 0) is 22.6 Å². The van der Waals surface area contributed by atoms with Gasteiger partial charge in [-0.3, -0.25) is 9.59 Å². The normalized spacial score (nSPS) is 21.7. The number of likely N-dealkylation sites (N-methyl/N-ethyl adjacent to an activating group) is 1. The Morgan fingerprint density at radius 1 is 1.24 bits per heavy atom. The van der Waals surface area contributed by atoms with Crippen molar-refractivity contribution in [3.63, 3.8) is 0 Å². The van der Waals surface area contributed by atoms with E-state index in [4.69, 9.17) is 0 Å². The highest BCUT2D eigenvalue weighted by Gasteiger charge is 2.42. The minimum Gasteiger partial charge on any atom is -0.357 e. The second kappa shape index (κ2) is 4.35. The van der Waals surface area contributed by atoms with Crippen LogP contribution in [0, 0.1) is 0 Å². The number of nitrogens with one attached hydrogen (secondary N) is 1. The Hall–Kier alpha value is -2.30. The molecule has 0 spiro atoms. The maximum Gasteiger partial charge on any atom is 0.246 e. The summed E-state index contributed by atoms with van der Waals surface area (Å²) in [7, 11) is 0. The summed E-state index contributed by atoms with van der Waals surface area (Å²) >= 11 is 0. The number of aromatic nitrogens is 1. The first-order chi connectivity index (χ1) is 10.2. The summed E-state index contributed by atoms with van der Waals surface area (Å²) < 4.78 is 0. The maximum atomic E-state index is 12.5. The van der Waals surface area contributed by atoms with Crippen molar-refractivity contribution in [1.82, 2.24) is 14.8 Å². The number of aromatic amines is 1. The SMILES string of the molecule is CCN1CC(=O)N2Cc3[nH]c4ccccc4c3CC2C1=O. The molecule has 1 saturated heterocycles. The van der Waals surface area contributed by atoms with Crippen LogP contribution in [0.2, 0.25) is 0 Å². The fourth-order valence-corrected chi connectivity index (χ4v) is 3.50. The van der Waals surface area contributed by atoms with Crippen LogP contribution in [0.5, 0.6) is 0 Å². The minimum absolute atomic E-state index is 0.0470. The van der Waals surface area contributed by atoms with Crippen molar-refractivity contribution < 1.29 is 9.59 Å². The molecule has 1 aromatic carbocycles. The van der Waals surface area contributed by atoms with E-state index < -0.39 is 0 Å². The Balaban J connectivity index is 1.80. The number of rotatable bonds is 1. The minimum atomic E-state index is -0.335. The Kier molecular flexibility index (Phi) is 2.58. The molecule has 108 valence electrons. The van der Waals surface area contributed by atoms with Crippen LogP contribution >= 0.6 is 0 Å². The van der Waals surface area contributed by atoms with E-state index in [1.807, 2.05) is 25.1 Å². The number of amides is 2. The lowest BCUT2D eigenvalue weighted by Gasteiger charge is -2.42. The van der Waals surface area contributed by atoms with Gasteiger partial charge in [0, 0.05) is 29.6 Å². The van der Waals surface area contributed by atoms with Gasteiger partial charge in [0.15, 0.2) is 0 Å². The van der Waals surface area contributed by atoms with Crippen molar-refractivity contribution in [1.29, 1.82) is 0 Å². The molecule has 1 N–H and O–H groups in total. The summed E-state index contributed by atoms with van der Waals surface area (Å²) in [6.07, 6.45) is 0.612. The largest absolute Gasteiger partial charge is 0.357 e. The lowest BCUT2D eigenvalue weighted by atomic mass is 9.94. The molecule has 1 atom stereocenters. The molecule has 1 unspecified atom stereocenters. The van der Waals surface area contributed by atoms with Gasteiger partial charge < -0.3 is 14.8 Å². The van der Waals surface area contributed by atoms with Gasteiger partial charge in [-0.05, 0) is 18.6 Å². The van der Waals surface area contributed by atoms with Crippen LogP contribution < -0.4 is 0 Å². The van der Waals surface area contributed by atoms with Crippen LogP contribution in [0.4, 0.5) is 0 Å². The molecule has 5 heteroatoms. The van der Waals surface area contributed by atoms with E-state index in [1.54, 1.807) is 9.80 Å². The molecule has 5 nitrogen and oxygen atoms in total. The number of H-pyrrole nitrogens is 1. The van der Waals surface area contributed by atoms with Crippen LogP contribution in [0.25, 0.3) is 10.9 Å². The summed E-state index contributed by atoms with van der Waals surface area (Å²) in [5, 5.41) is 1.17. The predicted octanol–water partition coefficient (Wildman–Crippen LogP) is 1.28. The van der Waals surface area contributed by atoms with Crippen molar-refractivity contribution in [2.75, 3.05) is 13.1 Å². The molecule has 0 radical (unpaired) electrons. The number of hydrogen-bond donors (Lipinski definition) is 1. The first-order valence-electron chi connectivity index (χ1n) is 7.35. The van der Waals surface area contributed by atoms with Gasteiger partial charge in [0.2, 0.25) is 11.8 Å².